The zero-order valence-corrected chi connectivity index (χ0v) is 30.0. The summed E-state index contributed by atoms with van der Waals surface area (Å²) in [5, 5.41) is 8.95. The fourth-order valence-electron chi connectivity index (χ4n) is 6.91. The Labute approximate surface area is 296 Å². The first-order valence-corrected chi connectivity index (χ1v) is 19.0. The van der Waals surface area contributed by atoms with Crippen LogP contribution in [0.1, 0.15) is 78.0 Å². The number of carbonyl (C=O) groups is 1. The van der Waals surface area contributed by atoms with Gasteiger partial charge in [0.1, 0.15) is 27.2 Å². The van der Waals surface area contributed by atoms with Crippen molar-refractivity contribution in [2.45, 2.75) is 114 Å². The van der Waals surface area contributed by atoms with Crippen LogP contribution in [0.5, 0.6) is 5.75 Å². The molecule has 2 aliphatic heterocycles. The summed E-state index contributed by atoms with van der Waals surface area (Å²) in [5.41, 5.74) is -2.76. The van der Waals surface area contributed by atoms with E-state index in [1.165, 1.54) is 48.6 Å². The molecule has 5 heterocycles. The molecule has 3 aromatic heterocycles. The van der Waals surface area contributed by atoms with Crippen LogP contribution in [0.2, 0.25) is 0 Å². The Hall–Kier alpha value is -4.00. The molecule has 51 heavy (non-hydrogen) atoms. The predicted molar refractivity (Wildman–Crippen MR) is 184 cm³/mol. The third-order valence-electron chi connectivity index (χ3n) is 9.83. The molecule has 276 valence electrons. The second kappa shape index (κ2) is 12.9. The number of halogens is 2. The summed E-state index contributed by atoms with van der Waals surface area (Å²) in [6, 6.07) is 6.17. The standard InChI is InChI=1S/C33H38F2N6O8S2.H2/c1-18-25-26(42)40(33(11-12-33)29(43)38-51(45,46)32(2,3)4)31(44)39(28(25)50-27(18)41-36-13-14-37-41)17-24(22-7-5-6-8-23(22)49-30(34)35)48-21-15-19-9-10-20(16-21)47-19;/h5-8,13-14,19-21,24,30H,9-12,15-17H2,1-4H3,(H,38,43);1H/t19-,20+,21?,24-;/m0./s1. The van der Waals surface area contributed by atoms with Gasteiger partial charge in [-0.2, -0.15) is 19.0 Å². The lowest BCUT2D eigenvalue weighted by atomic mass is 10.0. The van der Waals surface area contributed by atoms with Crippen LogP contribution in [0.3, 0.4) is 0 Å². The number of nitrogens with zero attached hydrogens (tertiary/aromatic N) is 5. The monoisotopic (exact) mass is 750 g/mol. The second-order valence-electron chi connectivity index (χ2n) is 14.2. The Bertz CT molecular complexity index is 2200. The van der Waals surface area contributed by atoms with Gasteiger partial charge in [0.2, 0.25) is 10.0 Å². The second-order valence-corrected chi connectivity index (χ2v) is 17.6. The van der Waals surface area contributed by atoms with Gasteiger partial charge in [-0.05, 0) is 72.3 Å². The number of alkyl halides is 2. The van der Waals surface area contributed by atoms with Gasteiger partial charge in [-0.15, -0.1) is 4.80 Å². The zero-order chi connectivity index (χ0) is 36.5. The molecule has 4 aromatic rings. The van der Waals surface area contributed by atoms with E-state index >= 15 is 0 Å². The van der Waals surface area contributed by atoms with Gasteiger partial charge in [-0.25, -0.2) is 17.8 Å². The highest BCUT2D eigenvalue weighted by atomic mass is 32.2. The molecule has 0 radical (unpaired) electrons. The Balaban J connectivity index is 0.00000464. The maximum atomic E-state index is 14.7. The van der Waals surface area contributed by atoms with Crippen molar-refractivity contribution in [1.29, 1.82) is 0 Å². The van der Waals surface area contributed by atoms with Crippen LogP contribution >= 0.6 is 11.3 Å². The van der Waals surface area contributed by atoms with Crippen molar-refractivity contribution in [3.05, 3.63) is 68.6 Å². The first-order valence-electron chi connectivity index (χ1n) is 16.7. The molecule has 0 spiro atoms. The van der Waals surface area contributed by atoms with Crippen LogP contribution in [0.25, 0.3) is 15.2 Å². The average Bonchev–Trinajstić information content (AvgIpc) is 3.32. The number of para-hydroxylation sites is 1. The van der Waals surface area contributed by atoms with Crippen molar-refractivity contribution in [3.8, 4) is 10.8 Å². The lowest BCUT2D eigenvalue weighted by Crippen LogP contribution is -2.54. The molecular formula is C33H40F2N6O8S2. The summed E-state index contributed by atoms with van der Waals surface area (Å²) in [6.45, 7) is 2.53. The van der Waals surface area contributed by atoms with E-state index in [0.717, 1.165) is 28.7 Å². The van der Waals surface area contributed by atoms with Gasteiger partial charge in [-0.1, -0.05) is 29.5 Å². The summed E-state index contributed by atoms with van der Waals surface area (Å²) in [7, 11) is -4.20. The summed E-state index contributed by atoms with van der Waals surface area (Å²) in [5.74, 6) is -1.13. The topological polar surface area (TPSA) is 166 Å². The highest BCUT2D eigenvalue weighted by Crippen LogP contribution is 2.44. The maximum Gasteiger partial charge on any atom is 0.387 e. The van der Waals surface area contributed by atoms with E-state index in [-0.39, 0.29) is 60.7 Å². The number of ether oxygens (including phenoxy) is 3. The third-order valence-corrected chi connectivity index (χ3v) is 13.2. The SMILES string of the molecule is Cc1c(-n2nccn2)sc2c1c(=O)n(C1(C(=O)NS(=O)(=O)C(C)(C)C)CC1)c(=O)n2C[C@H](OC1C[C@H]2CC[C@@H](C1)O2)c1ccccc1OC(F)F.[HH]. The molecule has 2 bridgehead atoms. The van der Waals surface area contributed by atoms with Gasteiger partial charge < -0.3 is 14.2 Å². The van der Waals surface area contributed by atoms with E-state index < -0.39 is 50.2 Å². The summed E-state index contributed by atoms with van der Waals surface area (Å²) in [6.07, 6.45) is 4.46. The fraction of sp³-hybridized carbons (Fsp3) is 0.545. The normalized spacial score (nSPS) is 22.0. The minimum atomic E-state index is -4.20. The average molecular weight is 751 g/mol. The van der Waals surface area contributed by atoms with Crippen molar-refractivity contribution in [3.63, 3.8) is 0 Å². The third kappa shape index (κ3) is 6.40. The lowest BCUT2D eigenvalue weighted by molar-refractivity contribution is -0.124. The van der Waals surface area contributed by atoms with E-state index in [4.69, 9.17) is 14.2 Å². The summed E-state index contributed by atoms with van der Waals surface area (Å²) in [4.78, 5) is 44.5. The van der Waals surface area contributed by atoms with Gasteiger partial charge in [0.15, 0.2) is 0 Å². The molecule has 14 nitrogen and oxygen atoms in total. The molecular weight excluding hydrogens is 711 g/mol. The number of hydrogen-bond acceptors (Lipinski definition) is 11. The number of sulfonamides is 1. The number of fused-ring (bicyclic) bond motifs is 3. The molecule has 1 saturated carbocycles. The first-order chi connectivity index (χ1) is 24.1. The summed E-state index contributed by atoms with van der Waals surface area (Å²) < 4.78 is 73.9. The lowest BCUT2D eigenvalue weighted by Gasteiger charge is -2.32. The Morgan fingerprint density at radius 1 is 1.14 bits per heavy atom. The number of rotatable bonds is 11. The molecule has 18 heteroatoms. The van der Waals surface area contributed by atoms with Gasteiger partial charge in [0.05, 0.1) is 47.4 Å². The first kappa shape index (κ1) is 35.4. The molecule has 1 unspecified atom stereocenters. The van der Waals surface area contributed by atoms with Crippen molar-refractivity contribution < 1.29 is 37.6 Å². The van der Waals surface area contributed by atoms with Crippen molar-refractivity contribution >= 4 is 37.5 Å². The minimum Gasteiger partial charge on any atom is -0.434 e. The molecule has 2 saturated heterocycles. The highest BCUT2D eigenvalue weighted by Gasteiger charge is 2.56. The Morgan fingerprint density at radius 2 is 1.78 bits per heavy atom. The maximum absolute atomic E-state index is 14.7. The largest absolute Gasteiger partial charge is 0.434 e. The van der Waals surface area contributed by atoms with E-state index in [2.05, 4.69) is 14.9 Å². The van der Waals surface area contributed by atoms with Gasteiger partial charge in [-0.3, -0.25) is 18.9 Å². The molecule has 3 fully saturated rings. The highest BCUT2D eigenvalue weighted by molar-refractivity contribution is 7.91. The van der Waals surface area contributed by atoms with E-state index in [9.17, 15) is 31.6 Å². The number of hydrogen-bond donors (Lipinski definition) is 1. The molecule has 3 aliphatic rings. The number of nitrogens with one attached hydrogen (secondary N) is 1. The van der Waals surface area contributed by atoms with Crippen molar-refractivity contribution in [2.75, 3.05) is 0 Å². The van der Waals surface area contributed by atoms with Gasteiger partial charge in [0, 0.05) is 12.6 Å². The fourth-order valence-corrected chi connectivity index (χ4v) is 8.87. The van der Waals surface area contributed by atoms with Gasteiger partial charge in [0.25, 0.3) is 11.5 Å². The predicted octanol–water partition coefficient (Wildman–Crippen LogP) is 4.16. The number of aromatic nitrogens is 5. The number of benzene rings is 1. The molecule has 7 rings (SSSR count). The van der Waals surface area contributed by atoms with Crippen LogP contribution in [-0.4, -0.2) is 68.1 Å². The van der Waals surface area contributed by atoms with Crippen LogP contribution in [0.4, 0.5) is 8.78 Å². The van der Waals surface area contributed by atoms with E-state index in [1.54, 1.807) is 25.1 Å². The molecule has 1 aromatic carbocycles. The van der Waals surface area contributed by atoms with Gasteiger partial charge >= 0.3 is 12.3 Å². The molecule has 4 atom stereocenters. The zero-order valence-electron chi connectivity index (χ0n) is 28.4. The molecule has 1 amide bonds. The Morgan fingerprint density at radius 3 is 2.39 bits per heavy atom. The number of thiophene rings is 1. The smallest absolute Gasteiger partial charge is 0.387 e. The van der Waals surface area contributed by atoms with E-state index in [1.807, 2.05) is 0 Å². The molecule has 1 aliphatic carbocycles. The minimum absolute atomic E-state index is 0. The number of aryl methyl sites for hydroxylation is 1. The van der Waals surface area contributed by atoms with Crippen LogP contribution in [-0.2, 0) is 36.4 Å². The van der Waals surface area contributed by atoms with E-state index in [0.29, 0.717) is 23.4 Å². The Kier molecular flexibility index (Phi) is 8.95. The van der Waals surface area contributed by atoms with Crippen molar-refractivity contribution in [2.24, 2.45) is 0 Å². The molecule has 1 N–H and O–H groups in total. The number of amides is 1. The van der Waals surface area contributed by atoms with Crippen LogP contribution < -0.4 is 20.7 Å². The quantitative estimate of drug-likeness (QED) is 0.235. The number of carbonyl (C=O) groups excluding carboxylic acids is 1. The van der Waals surface area contributed by atoms with Crippen LogP contribution in [0, 0.1) is 6.92 Å². The van der Waals surface area contributed by atoms with Crippen molar-refractivity contribution in [1.82, 2.24) is 28.9 Å². The van der Waals surface area contributed by atoms with Crippen LogP contribution in [0.15, 0.2) is 46.2 Å². The summed E-state index contributed by atoms with van der Waals surface area (Å²) >= 11 is 1.07.